The Hall–Kier alpha value is -2.80. The topological polar surface area (TPSA) is 86.6 Å². The van der Waals surface area contributed by atoms with Gasteiger partial charge >= 0.3 is 12.2 Å². The van der Waals surface area contributed by atoms with Gasteiger partial charge in [0.25, 0.3) is 14.8 Å². The molecule has 1 N–H and O–H groups in total. The van der Waals surface area contributed by atoms with Crippen LogP contribution >= 0.6 is 11.5 Å². The van der Waals surface area contributed by atoms with Crippen LogP contribution in [0.2, 0.25) is 0 Å². The van der Waals surface area contributed by atoms with Crippen molar-refractivity contribution in [2.45, 2.75) is 37.0 Å². The van der Waals surface area contributed by atoms with E-state index in [-0.39, 0.29) is 21.1 Å². The molecule has 7 nitrogen and oxygen atoms in total. The number of nitrogens with one attached hydrogen (secondary N) is 1. The minimum absolute atomic E-state index is 0.0245. The molecule has 13 heteroatoms. The number of aromatic nitrogens is 1. The van der Waals surface area contributed by atoms with Gasteiger partial charge in [0, 0.05) is 6.04 Å². The molecule has 1 aromatic heterocycles. The summed E-state index contributed by atoms with van der Waals surface area (Å²) in [5.41, 5.74) is 0.0114. The Balaban J connectivity index is 1.74. The Bertz CT molecular complexity index is 1350. The lowest BCUT2D eigenvalue weighted by Crippen LogP contribution is -2.52. The van der Waals surface area contributed by atoms with Gasteiger partial charge in [0.05, 0.1) is 21.5 Å². The third kappa shape index (κ3) is 3.51. The predicted molar refractivity (Wildman–Crippen MR) is 105 cm³/mol. The molecule has 0 saturated heterocycles. The minimum atomic E-state index is -5.01. The molecule has 2 aromatic carbocycles. The fourth-order valence-electron chi connectivity index (χ4n) is 2.98. The van der Waals surface area contributed by atoms with Crippen LogP contribution in [0.4, 0.5) is 23.2 Å². The Morgan fingerprint density at radius 3 is 2.42 bits per heavy atom. The molecular formula is C18H14F4N2O5S2. The summed E-state index contributed by atoms with van der Waals surface area (Å²) in [6.07, 6.45) is -9.95. The van der Waals surface area contributed by atoms with Crippen molar-refractivity contribution >= 4 is 38.1 Å². The molecule has 0 amide bonds. The molecule has 3 aromatic rings. The first kappa shape index (κ1) is 21.4. The molecule has 166 valence electrons. The Morgan fingerprint density at radius 1 is 1.06 bits per heavy atom. The van der Waals surface area contributed by atoms with E-state index in [1.807, 2.05) is 18.6 Å². The maximum atomic E-state index is 13.6. The van der Waals surface area contributed by atoms with Crippen molar-refractivity contribution in [1.82, 2.24) is 3.96 Å². The van der Waals surface area contributed by atoms with Gasteiger partial charge in [-0.15, -0.1) is 0 Å². The van der Waals surface area contributed by atoms with Crippen LogP contribution < -0.4 is 18.9 Å². The van der Waals surface area contributed by atoms with E-state index in [0.29, 0.717) is 5.52 Å². The van der Waals surface area contributed by atoms with E-state index in [0.717, 1.165) is 35.8 Å². The van der Waals surface area contributed by atoms with Crippen LogP contribution in [0.5, 0.6) is 11.5 Å². The predicted octanol–water partition coefficient (Wildman–Crippen LogP) is 4.40. The summed E-state index contributed by atoms with van der Waals surface area (Å²) in [7, 11) is -4.39. The van der Waals surface area contributed by atoms with Crippen LogP contribution in [0, 0.1) is 0 Å². The van der Waals surface area contributed by atoms with E-state index >= 15 is 0 Å². The maximum Gasteiger partial charge on any atom is 0.507 e. The Labute approximate surface area is 177 Å². The SMILES string of the molecule is CC(C)n1sc(=O)c2cc(S(=O)(=O)Nc3cccc4c3OC(F)(F)C(F)(F)O4)ccc21. The highest BCUT2D eigenvalue weighted by Gasteiger charge is 2.66. The third-order valence-corrected chi connectivity index (χ3v) is 6.98. The second-order valence-electron chi connectivity index (χ2n) is 6.95. The van der Waals surface area contributed by atoms with Crippen LogP contribution in [0.25, 0.3) is 10.9 Å². The molecule has 0 atom stereocenters. The zero-order valence-corrected chi connectivity index (χ0v) is 17.5. The van der Waals surface area contributed by atoms with Crippen LogP contribution in [0.3, 0.4) is 0 Å². The van der Waals surface area contributed by atoms with E-state index in [9.17, 15) is 30.8 Å². The average molecular weight is 478 g/mol. The second kappa shape index (κ2) is 6.85. The lowest BCUT2D eigenvalue weighted by Gasteiger charge is -2.32. The van der Waals surface area contributed by atoms with Gasteiger partial charge in [0.1, 0.15) is 0 Å². The lowest BCUT2D eigenvalue weighted by atomic mass is 10.2. The van der Waals surface area contributed by atoms with Gasteiger partial charge < -0.3 is 9.47 Å². The highest BCUT2D eigenvalue weighted by molar-refractivity contribution is 7.92. The quantitative estimate of drug-likeness (QED) is 0.562. The number of fused-ring (bicyclic) bond motifs is 2. The summed E-state index contributed by atoms with van der Waals surface area (Å²) in [6, 6.07) is 6.94. The highest BCUT2D eigenvalue weighted by Crippen LogP contribution is 2.50. The van der Waals surface area contributed by atoms with Crippen LogP contribution in [-0.2, 0) is 10.0 Å². The summed E-state index contributed by atoms with van der Waals surface area (Å²) in [4.78, 5) is 11.9. The smallest absolute Gasteiger partial charge is 0.421 e. The van der Waals surface area contributed by atoms with E-state index in [1.54, 1.807) is 3.96 Å². The van der Waals surface area contributed by atoms with Crippen LogP contribution in [-0.4, -0.2) is 24.6 Å². The van der Waals surface area contributed by atoms with E-state index in [4.69, 9.17) is 0 Å². The first-order valence-corrected chi connectivity index (χ1v) is 11.0. The van der Waals surface area contributed by atoms with Gasteiger partial charge in [-0.2, -0.15) is 17.6 Å². The van der Waals surface area contributed by atoms with Gasteiger partial charge in [-0.05, 0) is 55.7 Å². The fourth-order valence-corrected chi connectivity index (χ4v) is 4.98. The number of para-hydroxylation sites is 1. The van der Waals surface area contributed by atoms with Crippen molar-refractivity contribution in [3.8, 4) is 11.5 Å². The van der Waals surface area contributed by atoms with Gasteiger partial charge in [-0.25, -0.2) is 8.42 Å². The zero-order valence-electron chi connectivity index (χ0n) is 15.9. The number of alkyl halides is 4. The number of hydrogen-bond donors (Lipinski definition) is 1. The molecule has 1 aliphatic rings. The molecule has 0 saturated carbocycles. The van der Waals surface area contributed by atoms with Gasteiger partial charge in [-0.3, -0.25) is 13.5 Å². The second-order valence-corrected chi connectivity index (χ2v) is 9.58. The summed E-state index contributed by atoms with van der Waals surface area (Å²) in [6.45, 7) is 3.73. The van der Waals surface area contributed by atoms with Crippen molar-refractivity contribution in [3.05, 3.63) is 45.9 Å². The Morgan fingerprint density at radius 2 is 1.74 bits per heavy atom. The molecule has 0 fully saturated rings. The number of halogens is 4. The zero-order chi connectivity index (χ0) is 22.8. The third-order valence-electron chi connectivity index (χ3n) is 4.42. The highest BCUT2D eigenvalue weighted by atomic mass is 32.2. The average Bonchev–Trinajstić information content (AvgIpc) is 2.99. The van der Waals surface area contributed by atoms with Crippen LogP contribution in [0.15, 0.2) is 46.1 Å². The van der Waals surface area contributed by atoms with Crippen molar-refractivity contribution in [2.24, 2.45) is 0 Å². The number of nitrogens with zero attached hydrogens (tertiary/aromatic N) is 1. The molecule has 31 heavy (non-hydrogen) atoms. The van der Waals surface area contributed by atoms with Gasteiger partial charge in [0.15, 0.2) is 11.5 Å². The van der Waals surface area contributed by atoms with Crippen molar-refractivity contribution < 1.29 is 35.5 Å². The Kier molecular flexibility index (Phi) is 4.74. The summed E-state index contributed by atoms with van der Waals surface area (Å²) >= 11 is 0.932. The molecule has 0 aliphatic carbocycles. The van der Waals surface area contributed by atoms with E-state index in [1.165, 1.54) is 12.1 Å². The van der Waals surface area contributed by atoms with Gasteiger partial charge in [0.2, 0.25) is 0 Å². The minimum Gasteiger partial charge on any atom is -0.421 e. The number of ether oxygens (including phenoxy) is 2. The number of anilines is 1. The molecule has 0 radical (unpaired) electrons. The van der Waals surface area contributed by atoms with E-state index < -0.39 is 39.4 Å². The molecule has 4 rings (SSSR count). The number of sulfonamides is 1. The molecule has 0 unspecified atom stereocenters. The normalized spacial score (nSPS) is 17.1. The van der Waals surface area contributed by atoms with Crippen LogP contribution in [0.1, 0.15) is 19.9 Å². The van der Waals surface area contributed by atoms with Crippen molar-refractivity contribution in [3.63, 3.8) is 0 Å². The van der Waals surface area contributed by atoms with Gasteiger partial charge in [-0.1, -0.05) is 6.07 Å². The standard InChI is InChI=1S/C18H14F4N2O5S2/c1-9(2)24-13-7-6-10(8-11(13)16(25)30-24)31(26,27)23-12-4-3-5-14-15(12)29-18(21,22)17(19,20)28-14/h3-9,23H,1-2H3. The van der Waals surface area contributed by atoms with Crippen molar-refractivity contribution in [2.75, 3.05) is 4.72 Å². The molecule has 2 heterocycles. The number of hydrogen-bond acceptors (Lipinski definition) is 6. The monoisotopic (exact) mass is 478 g/mol. The molecule has 1 aliphatic heterocycles. The first-order chi connectivity index (χ1) is 14.3. The lowest BCUT2D eigenvalue weighted by molar-refractivity contribution is -0.391. The molecule has 0 bridgehead atoms. The molecular weight excluding hydrogens is 464 g/mol. The fraction of sp³-hybridized carbons (Fsp3) is 0.278. The largest absolute Gasteiger partial charge is 0.507 e. The first-order valence-electron chi connectivity index (χ1n) is 8.77. The number of benzene rings is 2. The summed E-state index contributed by atoms with van der Waals surface area (Å²) in [5.74, 6) is -1.65. The molecule has 0 spiro atoms. The summed E-state index contributed by atoms with van der Waals surface area (Å²) in [5, 5.41) is 0.169. The summed E-state index contributed by atoms with van der Waals surface area (Å²) < 4.78 is 91.0. The maximum absolute atomic E-state index is 13.6. The van der Waals surface area contributed by atoms with Crippen molar-refractivity contribution in [1.29, 1.82) is 0 Å². The van der Waals surface area contributed by atoms with E-state index in [2.05, 4.69) is 9.47 Å². The number of rotatable bonds is 4.